The van der Waals surface area contributed by atoms with Crippen LogP contribution in [0.25, 0.3) is 0 Å². The van der Waals surface area contributed by atoms with Crippen LogP contribution in [-0.4, -0.2) is 81.4 Å². The molecule has 1 amide bonds. The number of hydrogen-bond donors (Lipinski definition) is 1. The molecule has 0 aliphatic carbocycles. The summed E-state index contributed by atoms with van der Waals surface area (Å²) >= 11 is 12.1. The van der Waals surface area contributed by atoms with Crippen molar-refractivity contribution in [3.63, 3.8) is 0 Å². The quantitative estimate of drug-likeness (QED) is 0.286. The normalized spacial score (nSPS) is 16.8. The Balaban J connectivity index is 1.18. The number of likely N-dealkylation sites (tertiary alicyclic amines) is 1. The number of nitrogens with zero attached hydrogens (tertiary/aromatic N) is 3. The van der Waals surface area contributed by atoms with Crippen molar-refractivity contribution in [2.75, 3.05) is 57.1 Å². The van der Waals surface area contributed by atoms with Gasteiger partial charge in [-0.05, 0) is 107 Å². The van der Waals surface area contributed by atoms with E-state index in [1.807, 2.05) is 4.90 Å². The Morgan fingerprint density at radius 3 is 2.21 bits per heavy atom. The van der Waals surface area contributed by atoms with Gasteiger partial charge in [0.15, 0.2) is 5.75 Å². The fourth-order valence-corrected chi connectivity index (χ4v) is 6.75. The van der Waals surface area contributed by atoms with E-state index >= 15 is 0 Å². The SMILES string of the molecule is O=C(c1ccc(S(=O)(=O)Nc2ccccc2Oc2ccc(Cl)c(Cl)c2)cc1)N1CCCN(CCCN2CCCC2)CC1. The molecule has 0 unspecified atom stereocenters. The lowest BCUT2D eigenvalue weighted by atomic mass is 10.2. The molecule has 0 spiro atoms. The second-order valence-corrected chi connectivity index (χ2v) is 13.2. The largest absolute Gasteiger partial charge is 0.455 e. The molecule has 224 valence electrons. The lowest BCUT2D eigenvalue weighted by Crippen LogP contribution is -2.36. The highest BCUT2D eigenvalue weighted by Gasteiger charge is 2.22. The van der Waals surface area contributed by atoms with Gasteiger partial charge in [-0.1, -0.05) is 35.3 Å². The Kier molecular flexibility index (Phi) is 10.3. The van der Waals surface area contributed by atoms with Gasteiger partial charge < -0.3 is 19.4 Å². The van der Waals surface area contributed by atoms with Crippen LogP contribution in [0, 0.1) is 0 Å². The van der Waals surface area contributed by atoms with E-state index in [-0.39, 0.29) is 16.5 Å². The molecule has 0 saturated carbocycles. The van der Waals surface area contributed by atoms with Crippen LogP contribution in [0.2, 0.25) is 10.0 Å². The molecule has 8 nitrogen and oxygen atoms in total. The minimum atomic E-state index is -3.95. The number of para-hydroxylation sites is 2. The summed E-state index contributed by atoms with van der Waals surface area (Å²) < 4.78 is 34.9. The molecule has 2 fully saturated rings. The number of rotatable bonds is 10. The zero-order chi connectivity index (χ0) is 29.5. The van der Waals surface area contributed by atoms with Gasteiger partial charge in [-0.2, -0.15) is 0 Å². The molecule has 3 aromatic carbocycles. The zero-order valence-corrected chi connectivity index (χ0v) is 25.8. The van der Waals surface area contributed by atoms with Gasteiger partial charge in [-0.25, -0.2) is 8.42 Å². The van der Waals surface area contributed by atoms with Gasteiger partial charge in [0, 0.05) is 31.3 Å². The van der Waals surface area contributed by atoms with Crippen LogP contribution in [0.5, 0.6) is 11.5 Å². The maximum atomic E-state index is 13.3. The Bertz CT molecular complexity index is 1480. The van der Waals surface area contributed by atoms with Gasteiger partial charge in [0.05, 0.1) is 20.6 Å². The number of sulfonamides is 1. The second kappa shape index (κ2) is 14.1. The lowest BCUT2D eigenvalue weighted by molar-refractivity contribution is 0.0761. The molecule has 0 atom stereocenters. The number of amides is 1. The van der Waals surface area contributed by atoms with Crippen LogP contribution in [0.15, 0.2) is 71.6 Å². The monoisotopic (exact) mass is 630 g/mol. The van der Waals surface area contributed by atoms with Crippen molar-refractivity contribution in [1.29, 1.82) is 0 Å². The number of anilines is 1. The molecular formula is C31H36Cl2N4O4S. The number of carbonyl (C=O) groups is 1. The van der Waals surface area contributed by atoms with Crippen molar-refractivity contribution in [3.8, 4) is 11.5 Å². The summed E-state index contributed by atoms with van der Waals surface area (Å²) in [5, 5.41) is 0.716. The summed E-state index contributed by atoms with van der Waals surface area (Å²) in [4.78, 5) is 20.2. The number of benzene rings is 3. The predicted molar refractivity (Wildman–Crippen MR) is 167 cm³/mol. The summed E-state index contributed by atoms with van der Waals surface area (Å²) in [5.41, 5.74) is 0.734. The number of ether oxygens (including phenoxy) is 1. The Hall–Kier alpha value is -2.82. The number of halogens is 2. The fraction of sp³-hybridized carbons (Fsp3) is 0.387. The third kappa shape index (κ3) is 7.96. The molecule has 0 bridgehead atoms. The minimum Gasteiger partial charge on any atom is -0.455 e. The highest BCUT2D eigenvalue weighted by molar-refractivity contribution is 7.92. The molecule has 2 aliphatic rings. The van der Waals surface area contributed by atoms with Gasteiger partial charge in [-0.3, -0.25) is 9.52 Å². The van der Waals surface area contributed by atoms with E-state index in [4.69, 9.17) is 27.9 Å². The van der Waals surface area contributed by atoms with Crippen LogP contribution in [0.1, 0.15) is 36.0 Å². The van der Waals surface area contributed by atoms with E-state index in [1.54, 1.807) is 54.6 Å². The van der Waals surface area contributed by atoms with Gasteiger partial charge in [0.1, 0.15) is 5.75 Å². The van der Waals surface area contributed by atoms with Crippen molar-refractivity contribution in [2.24, 2.45) is 0 Å². The Labute approximate surface area is 258 Å². The van der Waals surface area contributed by atoms with Crippen LogP contribution in [0.3, 0.4) is 0 Å². The predicted octanol–water partition coefficient (Wildman–Crippen LogP) is 6.22. The van der Waals surface area contributed by atoms with Crippen LogP contribution in [0.4, 0.5) is 5.69 Å². The number of nitrogens with one attached hydrogen (secondary N) is 1. The first-order valence-corrected chi connectivity index (χ1v) is 16.6. The molecule has 0 aromatic heterocycles. The van der Waals surface area contributed by atoms with Crippen molar-refractivity contribution in [2.45, 2.75) is 30.6 Å². The smallest absolute Gasteiger partial charge is 0.262 e. The molecule has 1 N–H and O–H groups in total. The molecule has 0 radical (unpaired) electrons. The number of hydrogen-bond acceptors (Lipinski definition) is 6. The third-order valence-electron chi connectivity index (χ3n) is 7.68. The fourth-order valence-electron chi connectivity index (χ4n) is 5.39. The molecule has 2 aliphatic heterocycles. The van der Waals surface area contributed by atoms with E-state index in [0.29, 0.717) is 40.2 Å². The Morgan fingerprint density at radius 2 is 1.48 bits per heavy atom. The number of carbonyl (C=O) groups excluding carboxylic acids is 1. The zero-order valence-electron chi connectivity index (χ0n) is 23.5. The molecule has 2 saturated heterocycles. The summed E-state index contributed by atoms with van der Waals surface area (Å²) in [6.45, 7) is 7.85. The standard InChI is InChI=1S/C31H36Cl2N4O4S/c32-27-14-11-25(23-28(27)33)41-30-8-2-1-7-29(30)34-42(39,40)26-12-9-24(10-13-26)31(38)37-20-6-19-36(21-22-37)18-5-17-35-15-3-4-16-35/h1-2,7-14,23,34H,3-6,15-22H2. The van der Waals surface area contributed by atoms with Gasteiger partial charge in [-0.15, -0.1) is 0 Å². The summed E-state index contributed by atoms with van der Waals surface area (Å²) in [6, 6.07) is 17.6. The van der Waals surface area contributed by atoms with Crippen molar-refractivity contribution >= 4 is 44.8 Å². The van der Waals surface area contributed by atoms with Gasteiger partial charge >= 0.3 is 0 Å². The first-order valence-electron chi connectivity index (χ1n) is 14.4. The average Bonchev–Trinajstić information content (AvgIpc) is 3.39. The van der Waals surface area contributed by atoms with Gasteiger partial charge in [0.25, 0.3) is 15.9 Å². The topological polar surface area (TPSA) is 82.2 Å². The third-order valence-corrected chi connectivity index (χ3v) is 9.81. The molecule has 11 heteroatoms. The molecule has 42 heavy (non-hydrogen) atoms. The average molecular weight is 632 g/mol. The maximum Gasteiger partial charge on any atom is 0.262 e. The first-order chi connectivity index (χ1) is 20.3. The molecule has 3 aromatic rings. The van der Waals surface area contributed by atoms with Crippen molar-refractivity contribution < 1.29 is 17.9 Å². The molecule has 2 heterocycles. The lowest BCUT2D eigenvalue weighted by Gasteiger charge is -2.23. The van der Waals surface area contributed by atoms with Crippen molar-refractivity contribution in [1.82, 2.24) is 14.7 Å². The highest BCUT2D eigenvalue weighted by Crippen LogP contribution is 2.34. The van der Waals surface area contributed by atoms with E-state index in [0.717, 1.165) is 39.0 Å². The maximum absolute atomic E-state index is 13.3. The van der Waals surface area contributed by atoms with Crippen LogP contribution < -0.4 is 9.46 Å². The second-order valence-electron chi connectivity index (χ2n) is 10.7. The molecular weight excluding hydrogens is 595 g/mol. The summed E-state index contributed by atoms with van der Waals surface area (Å²) in [5.74, 6) is 0.640. The van der Waals surface area contributed by atoms with E-state index in [1.165, 1.54) is 38.1 Å². The van der Waals surface area contributed by atoms with Crippen molar-refractivity contribution in [3.05, 3.63) is 82.3 Å². The van der Waals surface area contributed by atoms with Crippen LogP contribution in [-0.2, 0) is 10.0 Å². The highest BCUT2D eigenvalue weighted by atomic mass is 35.5. The van der Waals surface area contributed by atoms with Crippen LogP contribution >= 0.6 is 23.2 Å². The minimum absolute atomic E-state index is 0.0448. The summed E-state index contributed by atoms with van der Waals surface area (Å²) in [7, 11) is -3.95. The first kappa shape index (κ1) is 30.6. The Morgan fingerprint density at radius 1 is 0.786 bits per heavy atom. The molecule has 5 rings (SSSR count). The summed E-state index contributed by atoms with van der Waals surface area (Å²) in [6.07, 6.45) is 4.71. The van der Waals surface area contributed by atoms with E-state index in [2.05, 4.69) is 14.5 Å². The van der Waals surface area contributed by atoms with Gasteiger partial charge in [0.2, 0.25) is 0 Å². The van der Waals surface area contributed by atoms with E-state index < -0.39 is 10.0 Å². The van der Waals surface area contributed by atoms with E-state index in [9.17, 15) is 13.2 Å².